The van der Waals surface area contributed by atoms with Gasteiger partial charge in [-0.2, -0.15) is 0 Å². The SMILES string of the molecule is [3H]O[C@H]1CCC[C@@]2(C)C1CC[C@@H]2[C@H](C)CO. The molecule has 0 heterocycles. The number of aliphatic hydroxyl groups is 2. The van der Waals surface area contributed by atoms with Crippen LogP contribution in [0.5, 0.6) is 0 Å². The fourth-order valence-electron chi connectivity index (χ4n) is 4.22. The lowest BCUT2D eigenvalue weighted by molar-refractivity contribution is -0.0321. The van der Waals surface area contributed by atoms with E-state index in [1.165, 1.54) is 25.7 Å². The van der Waals surface area contributed by atoms with Crippen molar-refractivity contribution in [2.75, 3.05) is 6.61 Å². The van der Waals surface area contributed by atoms with Crippen LogP contribution in [-0.4, -0.2) is 24.4 Å². The standard InChI is InChI=1S/C13H24O2/c1-9(8-14)10-5-6-11-12(15)4-3-7-13(10,11)2/h9-12,14-15H,3-8H2,1-2H3/t9-,10-,11?,12+,13-/m1/s1/i15T. The van der Waals surface area contributed by atoms with E-state index in [1.807, 2.05) is 0 Å². The lowest BCUT2D eigenvalue weighted by Crippen LogP contribution is -2.41. The molecule has 0 bridgehead atoms. The molecule has 0 aromatic carbocycles. The van der Waals surface area contributed by atoms with Crippen molar-refractivity contribution >= 4 is 0 Å². The van der Waals surface area contributed by atoms with Crippen molar-refractivity contribution in [3.8, 4) is 0 Å². The van der Waals surface area contributed by atoms with Gasteiger partial charge in [0.05, 0.1) is 6.10 Å². The Morgan fingerprint density at radius 3 is 2.93 bits per heavy atom. The quantitative estimate of drug-likeness (QED) is 0.756. The summed E-state index contributed by atoms with van der Waals surface area (Å²) in [5.41, 5.74) is 0.298. The molecule has 2 nitrogen and oxygen atoms in total. The molecule has 0 radical (unpaired) electrons. The molecule has 2 saturated carbocycles. The van der Waals surface area contributed by atoms with Gasteiger partial charge in [0.15, 0.2) is 0 Å². The number of hydrogen-bond acceptors (Lipinski definition) is 2. The summed E-state index contributed by atoms with van der Waals surface area (Å²) in [6.07, 6.45) is 5.97. The Bertz CT molecular complexity index is 238. The number of aliphatic hydroxyl groups excluding tert-OH is 2. The average Bonchev–Trinajstić information content (AvgIpc) is 2.64. The van der Waals surface area contributed by atoms with E-state index in [1.54, 1.807) is 0 Å². The third-order valence-corrected chi connectivity index (χ3v) is 5.11. The minimum Gasteiger partial charge on any atom is -0.396 e. The highest BCUT2D eigenvalue weighted by Crippen LogP contribution is 2.57. The lowest BCUT2D eigenvalue weighted by atomic mass is 9.62. The molecular weight excluding hydrogens is 188 g/mol. The van der Waals surface area contributed by atoms with Gasteiger partial charge in [-0.3, -0.25) is 0 Å². The minimum absolute atomic E-state index is 0.134. The second kappa shape index (κ2) is 4.06. The molecule has 2 heteroatoms. The van der Waals surface area contributed by atoms with E-state index in [0.717, 1.165) is 6.42 Å². The van der Waals surface area contributed by atoms with E-state index < -0.39 is 0 Å². The van der Waals surface area contributed by atoms with Crippen LogP contribution >= 0.6 is 0 Å². The molecule has 2 rings (SSSR count). The van der Waals surface area contributed by atoms with E-state index in [2.05, 4.69) is 13.8 Å². The zero-order valence-corrected chi connectivity index (χ0v) is 9.91. The first-order valence-electron chi connectivity index (χ1n) is 6.77. The van der Waals surface area contributed by atoms with Crippen molar-refractivity contribution in [3.63, 3.8) is 0 Å². The highest BCUT2D eigenvalue weighted by molar-refractivity contribution is 5.01. The first kappa shape index (κ1) is 10.1. The van der Waals surface area contributed by atoms with Crippen LogP contribution in [0.2, 0.25) is 0 Å². The average molecular weight is 214 g/mol. The summed E-state index contributed by atoms with van der Waals surface area (Å²) in [5.74, 6) is 1.54. The molecule has 2 aliphatic carbocycles. The molecule has 15 heavy (non-hydrogen) atoms. The summed E-state index contributed by atoms with van der Waals surface area (Å²) in [4.78, 5) is 0. The second-order valence-electron chi connectivity index (χ2n) is 5.89. The van der Waals surface area contributed by atoms with Crippen molar-refractivity contribution < 1.29 is 10.2 Å². The molecule has 2 fully saturated rings. The van der Waals surface area contributed by atoms with E-state index in [4.69, 9.17) is 6.54 Å². The third kappa shape index (κ3) is 1.72. The predicted octanol–water partition coefficient (Wildman–Crippen LogP) is 2.19. The first-order chi connectivity index (χ1) is 7.63. The molecule has 88 valence electrons. The summed E-state index contributed by atoms with van der Waals surface area (Å²) in [5, 5.41) is 14.3. The number of hydrogen-bond donors (Lipinski definition) is 2. The summed E-state index contributed by atoms with van der Waals surface area (Å²) in [7, 11) is 0. The van der Waals surface area contributed by atoms with Gasteiger partial charge < -0.3 is 10.2 Å². The van der Waals surface area contributed by atoms with Gasteiger partial charge in [-0.1, -0.05) is 20.3 Å². The van der Waals surface area contributed by atoms with E-state index >= 15 is 0 Å². The highest BCUT2D eigenvalue weighted by Gasteiger charge is 2.51. The van der Waals surface area contributed by atoms with Crippen molar-refractivity contribution in [2.45, 2.75) is 52.1 Å². The summed E-state index contributed by atoms with van der Waals surface area (Å²) in [6, 6.07) is 0. The smallest absolute Gasteiger partial charge is 0.210 e. The van der Waals surface area contributed by atoms with Gasteiger partial charge in [0, 0.05) is 6.61 Å². The normalized spacial score (nSPS) is 48.5. The van der Waals surface area contributed by atoms with Crippen molar-refractivity contribution in [1.29, 1.82) is 1.43 Å². The summed E-state index contributed by atoms with van der Waals surface area (Å²) < 4.78 is 7.20. The van der Waals surface area contributed by atoms with Gasteiger partial charge >= 0.3 is 0 Å². The molecule has 2 aliphatic rings. The fraction of sp³-hybridized carbons (Fsp3) is 1.00. The topological polar surface area (TPSA) is 40.5 Å². The van der Waals surface area contributed by atoms with Gasteiger partial charge in [0.25, 0.3) is 0 Å². The van der Waals surface area contributed by atoms with Crippen LogP contribution in [0.1, 0.15) is 46.0 Å². The highest BCUT2D eigenvalue weighted by atomic mass is 16.3. The Morgan fingerprint density at radius 2 is 2.27 bits per heavy atom. The maximum absolute atomic E-state index is 9.35. The Kier molecular flexibility index (Phi) is 2.73. The van der Waals surface area contributed by atoms with Crippen molar-refractivity contribution in [1.82, 2.24) is 0 Å². The monoisotopic (exact) mass is 214 g/mol. The van der Waals surface area contributed by atoms with Crippen molar-refractivity contribution in [3.05, 3.63) is 0 Å². The van der Waals surface area contributed by atoms with Crippen LogP contribution < -0.4 is 0 Å². The summed E-state index contributed by atoms with van der Waals surface area (Å²) >= 11 is 0. The van der Waals surface area contributed by atoms with E-state index in [0.29, 0.717) is 29.8 Å². The molecule has 5 atom stereocenters. The molecule has 0 aromatic heterocycles. The van der Waals surface area contributed by atoms with Crippen LogP contribution in [0.3, 0.4) is 0 Å². The fourth-order valence-corrected chi connectivity index (χ4v) is 4.22. The number of rotatable bonds is 3. The number of fused-ring (bicyclic) bond motifs is 1. The predicted molar refractivity (Wildman–Crippen MR) is 60.4 cm³/mol. The van der Waals surface area contributed by atoms with Gasteiger partial charge in [-0.15, -0.1) is 0 Å². The van der Waals surface area contributed by atoms with Crippen LogP contribution in [0.15, 0.2) is 0 Å². The van der Waals surface area contributed by atoms with Crippen molar-refractivity contribution in [2.24, 2.45) is 23.2 Å². The van der Waals surface area contributed by atoms with E-state index in [9.17, 15) is 5.11 Å². The Morgan fingerprint density at radius 1 is 1.47 bits per heavy atom. The van der Waals surface area contributed by atoms with Gasteiger partial charge in [0.1, 0.15) is 0 Å². The summed E-state index contributed by atoms with van der Waals surface area (Å²) in [6.45, 7) is 4.80. The van der Waals surface area contributed by atoms with Crippen LogP contribution in [0.4, 0.5) is 0 Å². The molecular formula is C13H24O2. The maximum atomic E-state index is 9.35. The van der Waals surface area contributed by atoms with Crippen LogP contribution in [0, 0.1) is 23.2 Å². The van der Waals surface area contributed by atoms with Crippen LogP contribution in [0.25, 0.3) is 0 Å². The van der Waals surface area contributed by atoms with Gasteiger partial charge in [0.2, 0.25) is 1.43 Å². The van der Waals surface area contributed by atoms with Crippen LogP contribution in [-0.2, 0) is 0 Å². The largest absolute Gasteiger partial charge is 0.396 e. The van der Waals surface area contributed by atoms with E-state index in [-0.39, 0.29) is 6.10 Å². The Labute approximate surface area is 94.2 Å². The second-order valence-corrected chi connectivity index (χ2v) is 5.89. The zero-order valence-electron chi connectivity index (χ0n) is 10.9. The molecule has 0 amide bonds. The Balaban J connectivity index is 2.17. The third-order valence-electron chi connectivity index (χ3n) is 5.11. The van der Waals surface area contributed by atoms with Gasteiger partial charge in [-0.05, 0) is 48.9 Å². The zero-order chi connectivity index (χ0) is 11.8. The molecule has 0 spiro atoms. The molecule has 0 aromatic rings. The molecule has 0 aliphatic heterocycles. The minimum atomic E-state index is 0.134. The molecule has 1 unspecified atom stereocenters. The lowest BCUT2D eigenvalue weighted by Gasteiger charge is -2.45. The Hall–Kier alpha value is -0.0800. The maximum Gasteiger partial charge on any atom is 0.210 e. The first-order valence-corrected chi connectivity index (χ1v) is 6.36. The molecule has 0 saturated heterocycles. The van der Waals surface area contributed by atoms with Gasteiger partial charge in [-0.25, -0.2) is 0 Å². The molecule has 2 N–H and O–H groups in total.